The number of carbonyl (C=O) groups excluding carboxylic acids is 2. The third-order valence-electron chi connectivity index (χ3n) is 4.05. The molecule has 2 aromatic carbocycles. The zero-order valence-electron chi connectivity index (χ0n) is 12.6. The van der Waals surface area contributed by atoms with Crippen LogP contribution >= 0.6 is 0 Å². The smallest absolute Gasteiger partial charge is 0.150 e. The monoisotopic (exact) mass is 312 g/mol. The van der Waals surface area contributed by atoms with Crippen LogP contribution in [0.1, 0.15) is 20.7 Å². The first-order chi connectivity index (χ1) is 11.8. The van der Waals surface area contributed by atoms with E-state index >= 15 is 0 Å². The molecule has 2 heterocycles. The predicted octanol–water partition coefficient (Wildman–Crippen LogP) is 4.08. The maximum absolute atomic E-state index is 11.1. The molecule has 0 aliphatic rings. The van der Waals surface area contributed by atoms with Gasteiger partial charge < -0.3 is 0 Å². The zero-order chi connectivity index (χ0) is 16.5. The molecule has 0 aliphatic carbocycles. The highest BCUT2D eigenvalue weighted by Gasteiger charge is 2.08. The molecule has 0 unspecified atom stereocenters. The van der Waals surface area contributed by atoms with Crippen molar-refractivity contribution < 1.29 is 9.59 Å². The minimum absolute atomic E-state index is 0.619. The number of hydrogen-bond acceptors (Lipinski definition) is 4. The van der Waals surface area contributed by atoms with E-state index in [1.807, 2.05) is 48.5 Å². The molecule has 4 rings (SSSR count). The number of benzene rings is 2. The summed E-state index contributed by atoms with van der Waals surface area (Å²) in [4.78, 5) is 31.5. The van der Waals surface area contributed by atoms with Crippen molar-refractivity contribution in [3.05, 3.63) is 71.8 Å². The molecular weight excluding hydrogens is 300 g/mol. The van der Waals surface area contributed by atoms with Gasteiger partial charge in [0.1, 0.15) is 0 Å². The Morgan fingerprint density at radius 1 is 0.583 bits per heavy atom. The van der Waals surface area contributed by atoms with E-state index in [0.717, 1.165) is 45.8 Å². The number of aldehydes is 2. The summed E-state index contributed by atoms with van der Waals surface area (Å²) in [5, 5.41) is 1.64. The molecule has 0 aliphatic heterocycles. The average molecular weight is 312 g/mol. The molecule has 0 saturated heterocycles. The van der Waals surface area contributed by atoms with E-state index in [-0.39, 0.29) is 0 Å². The van der Waals surface area contributed by atoms with Gasteiger partial charge in [0.05, 0.1) is 22.4 Å². The molecule has 0 amide bonds. The van der Waals surface area contributed by atoms with E-state index in [1.165, 1.54) is 0 Å². The second-order valence-corrected chi connectivity index (χ2v) is 5.46. The minimum Gasteiger partial charge on any atom is -0.298 e. The first-order valence-corrected chi connectivity index (χ1v) is 7.50. The summed E-state index contributed by atoms with van der Waals surface area (Å²) in [6.07, 6.45) is 1.66. The van der Waals surface area contributed by atoms with Gasteiger partial charge in [-0.1, -0.05) is 24.3 Å². The van der Waals surface area contributed by atoms with Crippen molar-refractivity contribution in [2.45, 2.75) is 0 Å². The van der Waals surface area contributed by atoms with E-state index in [2.05, 4.69) is 9.97 Å². The molecule has 4 nitrogen and oxygen atoms in total. The number of nitrogens with zero attached hydrogens (tertiary/aromatic N) is 2. The summed E-state index contributed by atoms with van der Waals surface area (Å²) >= 11 is 0. The maximum Gasteiger partial charge on any atom is 0.150 e. The Labute approximate surface area is 137 Å². The zero-order valence-corrected chi connectivity index (χ0v) is 12.6. The fourth-order valence-electron chi connectivity index (χ4n) is 2.85. The van der Waals surface area contributed by atoms with Crippen LogP contribution in [0.2, 0.25) is 0 Å². The second kappa shape index (κ2) is 5.66. The van der Waals surface area contributed by atoms with E-state index in [4.69, 9.17) is 0 Å². The van der Waals surface area contributed by atoms with Crippen molar-refractivity contribution in [2.24, 2.45) is 0 Å². The van der Waals surface area contributed by atoms with Gasteiger partial charge in [-0.3, -0.25) is 9.59 Å². The van der Waals surface area contributed by atoms with Gasteiger partial charge in [-0.25, -0.2) is 9.97 Å². The van der Waals surface area contributed by atoms with E-state index in [9.17, 15) is 9.59 Å². The van der Waals surface area contributed by atoms with Crippen LogP contribution in [0.4, 0.5) is 0 Å². The molecule has 2 aromatic heterocycles. The highest BCUT2D eigenvalue weighted by Crippen LogP contribution is 2.24. The third kappa shape index (κ3) is 2.25. The fourth-order valence-corrected chi connectivity index (χ4v) is 2.85. The molecule has 0 saturated carbocycles. The summed E-state index contributed by atoms with van der Waals surface area (Å²) < 4.78 is 0. The Bertz CT molecular complexity index is 1010. The van der Waals surface area contributed by atoms with Gasteiger partial charge in [-0.2, -0.15) is 0 Å². The van der Waals surface area contributed by atoms with Crippen molar-refractivity contribution in [2.75, 3.05) is 0 Å². The van der Waals surface area contributed by atoms with Gasteiger partial charge in [-0.15, -0.1) is 0 Å². The van der Waals surface area contributed by atoms with Crippen molar-refractivity contribution in [1.29, 1.82) is 0 Å². The molecule has 114 valence electrons. The molecule has 0 atom stereocenters. The van der Waals surface area contributed by atoms with Gasteiger partial charge in [0.25, 0.3) is 0 Å². The van der Waals surface area contributed by atoms with Gasteiger partial charge >= 0.3 is 0 Å². The number of aromatic nitrogens is 2. The molecular formula is C20H12N2O2. The standard InChI is InChI=1S/C20H12N2O2/c23-11-13-3-1-5-17-15(13)7-9-19(21-17)20-10-8-16-14(12-24)4-2-6-18(16)22-20/h1-12H. The number of rotatable bonds is 3. The predicted molar refractivity (Wildman–Crippen MR) is 93.3 cm³/mol. The van der Waals surface area contributed by atoms with Gasteiger partial charge in [0.15, 0.2) is 12.6 Å². The molecule has 0 spiro atoms. The van der Waals surface area contributed by atoms with Crippen LogP contribution in [0.15, 0.2) is 60.7 Å². The fraction of sp³-hybridized carbons (Fsp3) is 0. The molecule has 4 heteroatoms. The van der Waals surface area contributed by atoms with Crippen LogP contribution in [-0.4, -0.2) is 22.5 Å². The van der Waals surface area contributed by atoms with Crippen LogP contribution in [-0.2, 0) is 0 Å². The van der Waals surface area contributed by atoms with Gasteiger partial charge in [0, 0.05) is 21.9 Å². The Morgan fingerprint density at radius 3 is 1.46 bits per heavy atom. The molecule has 0 radical (unpaired) electrons. The number of pyridine rings is 2. The van der Waals surface area contributed by atoms with Crippen molar-refractivity contribution in [1.82, 2.24) is 9.97 Å². The number of hydrogen-bond donors (Lipinski definition) is 0. The summed E-state index contributed by atoms with van der Waals surface area (Å²) in [6.45, 7) is 0. The first-order valence-electron chi connectivity index (χ1n) is 7.50. The molecule has 4 aromatic rings. The highest BCUT2D eigenvalue weighted by atomic mass is 16.1. The molecule has 0 fully saturated rings. The maximum atomic E-state index is 11.1. The van der Waals surface area contributed by atoms with Crippen LogP contribution < -0.4 is 0 Å². The lowest BCUT2D eigenvalue weighted by Gasteiger charge is -2.06. The molecule has 0 bridgehead atoms. The Hall–Kier alpha value is -3.40. The quantitative estimate of drug-likeness (QED) is 0.535. The number of carbonyl (C=O) groups is 2. The Balaban J connectivity index is 1.89. The number of fused-ring (bicyclic) bond motifs is 2. The summed E-state index contributed by atoms with van der Waals surface area (Å²) in [7, 11) is 0. The topological polar surface area (TPSA) is 59.9 Å². The molecule has 0 N–H and O–H groups in total. The summed E-state index contributed by atoms with van der Waals surface area (Å²) in [5.74, 6) is 0. The Morgan fingerprint density at radius 2 is 1.04 bits per heavy atom. The second-order valence-electron chi connectivity index (χ2n) is 5.46. The normalized spacial score (nSPS) is 10.8. The summed E-state index contributed by atoms with van der Waals surface area (Å²) in [6, 6.07) is 18.4. The van der Waals surface area contributed by atoms with Crippen LogP contribution in [0.5, 0.6) is 0 Å². The third-order valence-corrected chi connectivity index (χ3v) is 4.05. The average Bonchev–Trinajstić information content (AvgIpc) is 2.66. The van der Waals surface area contributed by atoms with Crippen molar-refractivity contribution >= 4 is 34.4 Å². The lowest BCUT2D eigenvalue weighted by Crippen LogP contribution is -1.92. The van der Waals surface area contributed by atoms with Crippen LogP contribution in [0.25, 0.3) is 33.2 Å². The van der Waals surface area contributed by atoms with Crippen LogP contribution in [0.3, 0.4) is 0 Å². The van der Waals surface area contributed by atoms with Crippen molar-refractivity contribution in [3.8, 4) is 11.4 Å². The summed E-state index contributed by atoms with van der Waals surface area (Å²) in [5.41, 5.74) is 4.19. The SMILES string of the molecule is O=Cc1cccc2nc(-c3ccc4c(C=O)cccc4n3)ccc12. The molecule has 24 heavy (non-hydrogen) atoms. The van der Waals surface area contributed by atoms with Crippen LogP contribution in [0, 0.1) is 0 Å². The largest absolute Gasteiger partial charge is 0.298 e. The van der Waals surface area contributed by atoms with Gasteiger partial charge in [0.2, 0.25) is 0 Å². The first kappa shape index (κ1) is 14.2. The van der Waals surface area contributed by atoms with E-state index in [0.29, 0.717) is 11.1 Å². The minimum atomic E-state index is 0.619. The van der Waals surface area contributed by atoms with E-state index in [1.54, 1.807) is 12.1 Å². The van der Waals surface area contributed by atoms with Gasteiger partial charge in [-0.05, 0) is 36.4 Å². The lowest BCUT2D eigenvalue weighted by atomic mass is 10.1. The Kier molecular flexibility index (Phi) is 3.35. The lowest BCUT2D eigenvalue weighted by molar-refractivity contribution is 0.111. The van der Waals surface area contributed by atoms with E-state index < -0.39 is 0 Å². The highest BCUT2D eigenvalue weighted by molar-refractivity contribution is 5.98. The van der Waals surface area contributed by atoms with Crippen molar-refractivity contribution in [3.63, 3.8) is 0 Å².